The van der Waals surface area contributed by atoms with Crippen molar-refractivity contribution >= 4 is 0 Å². The van der Waals surface area contributed by atoms with E-state index in [-0.39, 0.29) is 0 Å². The van der Waals surface area contributed by atoms with Gasteiger partial charge in [-0.2, -0.15) is 0 Å². The molecule has 1 rings (SSSR count). The average Bonchev–Trinajstić information content (AvgIpc) is 2.14. The quantitative estimate of drug-likeness (QED) is 0.291. The van der Waals surface area contributed by atoms with Crippen LogP contribution in [0.5, 0.6) is 0 Å². The normalized spacial score (nSPS) is 32.4. The second kappa shape index (κ2) is 2.87. The molecule has 0 spiro atoms. The summed E-state index contributed by atoms with van der Waals surface area (Å²) < 4.78 is 4.94. The summed E-state index contributed by atoms with van der Waals surface area (Å²) >= 11 is 0.446. The van der Waals surface area contributed by atoms with Crippen molar-refractivity contribution in [2.75, 3.05) is 11.0 Å². The van der Waals surface area contributed by atoms with E-state index in [1.54, 1.807) is 0 Å². The maximum atomic E-state index is 3.43. The molecule has 1 atom stereocenters. The van der Waals surface area contributed by atoms with Crippen LogP contribution in [0.25, 0.3) is 0 Å². The Balaban J connectivity index is 2.14. The van der Waals surface area contributed by atoms with Crippen molar-refractivity contribution in [3.05, 3.63) is 0 Å². The van der Waals surface area contributed by atoms with Crippen LogP contribution >= 0.6 is 0 Å². The number of hydrogen-bond acceptors (Lipinski definition) is 1. The molecule has 0 aromatic heterocycles. The van der Waals surface area contributed by atoms with Crippen LogP contribution in [0.1, 0.15) is 13.3 Å². The molecular weight excluding hydrogens is 201 g/mol. The number of alkyl halides is 1. The molecule has 2 heteroatoms. The molecule has 0 unspecified atom stereocenters. The van der Waals surface area contributed by atoms with Gasteiger partial charge >= 0.3 is 55.2 Å². The first-order valence-corrected chi connectivity index (χ1v) is 5.35. The summed E-state index contributed by atoms with van der Waals surface area (Å²) in [5.74, 6) is 1.03. The summed E-state index contributed by atoms with van der Waals surface area (Å²) in [5, 5.41) is 0. The van der Waals surface area contributed by atoms with Crippen LogP contribution in [-0.4, -0.2) is 11.0 Å². The minimum absolute atomic E-state index is 0.446. The summed E-state index contributed by atoms with van der Waals surface area (Å²) in [6.07, 6.45) is 1.38. The fourth-order valence-electron chi connectivity index (χ4n) is 0.635. The summed E-state index contributed by atoms with van der Waals surface area (Å²) in [7, 11) is 0. The molecular formula is C5H11IN-. The van der Waals surface area contributed by atoms with E-state index in [2.05, 4.69) is 10.5 Å². The van der Waals surface area contributed by atoms with E-state index in [4.69, 9.17) is 0 Å². The Kier molecular flexibility index (Phi) is 2.38. The van der Waals surface area contributed by atoms with Crippen LogP contribution in [0.2, 0.25) is 0 Å². The van der Waals surface area contributed by atoms with Crippen molar-refractivity contribution in [3.8, 4) is 0 Å². The van der Waals surface area contributed by atoms with Gasteiger partial charge in [0.05, 0.1) is 0 Å². The van der Waals surface area contributed by atoms with Crippen LogP contribution in [0, 0.1) is 5.92 Å². The Bertz CT molecular complexity index is 50.0. The van der Waals surface area contributed by atoms with E-state index in [0.717, 1.165) is 5.92 Å². The van der Waals surface area contributed by atoms with Gasteiger partial charge < -0.3 is 0 Å². The van der Waals surface area contributed by atoms with Gasteiger partial charge in [-0.05, 0) is 0 Å². The Hall–Kier alpha value is 0.690. The molecule has 1 nitrogen and oxygen atoms in total. The van der Waals surface area contributed by atoms with E-state index in [1.807, 2.05) is 0 Å². The summed E-state index contributed by atoms with van der Waals surface area (Å²) in [4.78, 5) is 0. The second-order valence-electron chi connectivity index (χ2n) is 1.90. The first-order chi connectivity index (χ1) is 3.43. The van der Waals surface area contributed by atoms with Gasteiger partial charge in [-0.25, -0.2) is 0 Å². The Morgan fingerprint density at radius 2 is 2.71 bits per heavy atom. The molecule has 0 bridgehead atoms. The molecule has 1 saturated heterocycles. The molecule has 0 amide bonds. The van der Waals surface area contributed by atoms with Gasteiger partial charge in [0, 0.05) is 0 Å². The number of rotatable bonds is 1. The van der Waals surface area contributed by atoms with Crippen LogP contribution < -0.4 is 25.0 Å². The van der Waals surface area contributed by atoms with E-state index >= 15 is 0 Å². The molecule has 1 heterocycles. The van der Waals surface area contributed by atoms with Crippen molar-refractivity contribution in [1.82, 2.24) is 3.53 Å². The predicted octanol–water partition coefficient (Wildman–Crippen LogP) is -2.38. The number of nitrogens with one attached hydrogen (secondary N) is 1. The third-order valence-corrected chi connectivity index (χ3v) is 4.00. The van der Waals surface area contributed by atoms with E-state index in [1.165, 1.54) is 17.4 Å². The van der Waals surface area contributed by atoms with Crippen molar-refractivity contribution in [3.63, 3.8) is 0 Å². The molecule has 0 aromatic carbocycles. The SMILES string of the molecule is CC[C@H]1CN[I-]C1. The molecule has 0 aromatic rings. The summed E-state index contributed by atoms with van der Waals surface area (Å²) in [6.45, 7) is 3.59. The second-order valence-corrected chi connectivity index (χ2v) is 4.31. The standard InChI is InChI=1S/C5H11IN/c1-2-5-3-6-7-4-5/h5,7H,2-4H2,1H3/q-1/t5-/m1/s1. The molecule has 0 radical (unpaired) electrons. The van der Waals surface area contributed by atoms with Gasteiger partial charge in [-0.15, -0.1) is 0 Å². The Labute approximate surface area is 55.5 Å². The molecule has 1 fully saturated rings. The molecule has 0 aliphatic carbocycles. The Morgan fingerprint density at radius 1 is 1.86 bits per heavy atom. The molecule has 7 heavy (non-hydrogen) atoms. The van der Waals surface area contributed by atoms with Crippen molar-refractivity contribution in [1.29, 1.82) is 0 Å². The molecule has 1 aliphatic rings. The van der Waals surface area contributed by atoms with E-state index in [9.17, 15) is 0 Å². The van der Waals surface area contributed by atoms with Crippen LogP contribution in [0.4, 0.5) is 0 Å². The van der Waals surface area contributed by atoms with E-state index in [0.29, 0.717) is 21.5 Å². The topological polar surface area (TPSA) is 12.0 Å². The van der Waals surface area contributed by atoms with Gasteiger partial charge in [0.25, 0.3) is 0 Å². The van der Waals surface area contributed by atoms with Crippen LogP contribution in [-0.2, 0) is 0 Å². The maximum absolute atomic E-state index is 3.43. The van der Waals surface area contributed by atoms with Crippen molar-refractivity contribution in [2.45, 2.75) is 13.3 Å². The number of halogens is 1. The minimum atomic E-state index is 0.446. The molecule has 44 valence electrons. The first kappa shape index (κ1) is 5.82. The third-order valence-electron chi connectivity index (χ3n) is 1.33. The zero-order chi connectivity index (χ0) is 5.11. The van der Waals surface area contributed by atoms with Gasteiger partial charge in [-0.3, -0.25) is 0 Å². The Morgan fingerprint density at radius 3 is 3.00 bits per heavy atom. The molecule has 1 N–H and O–H groups in total. The monoisotopic (exact) mass is 212 g/mol. The van der Waals surface area contributed by atoms with Gasteiger partial charge in [0.2, 0.25) is 0 Å². The fraction of sp³-hybridized carbons (Fsp3) is 1.00. The predicted molar refractivity (Wildman–Crippen MR) is 26.7 cm³/mol. The zero-order valence-corrected chi connectivity index (χ0v) is 6.73. The first-order valence-electron chi connectivity index (χ1n) is 2.74. The van der Waals surface area contributed by atoms with E-state index < -0.39 is 0 Å². The van der Waals surface area contributed by atoms with Crippen LogP contribution in [0.15, 0.2) is 0 Å². The van der Waals surface area contributed by atoms with Gasteiger partial charge in [0.1, 0.15) is 0 Å². The number of hydrogen-bond donors (Lipinski definition) is 1. The van der Waals surface area contributed by atoms with Crippen LogP contribution in [0.3, 0.4) is 0 Å². The molecule has 1 aliphatic heterocycles. The summed E-state index contributed by atoms with van der Waals surface area (Å²) in [6, 6.07) is 0. The average molecular weight is 212 g/mol. The van der Waals surface area contributed by atoms with Gasteiger partial charge in [-0.1, -0.05) is 0 Å². The zero-order valence-electron chi connectivity index (χ0n) is 4.58. The summed E-state index contributed by atoms with van der Waals surface area (Å²) in [5.41, 5.74) is 0. The third kappa shape index (κ3) is 1.57. The fourth-order valence-corrected chi connectivity index (χ4v) is 3.44. The molecule has 0 saturated carbocycles. The van der Waals surface area contributed by atoms with Crippen molar-refractivity contribution < 1.29 is 21.5 Å². The van der Waals surface area contributed by atoms with Crippen molar-refractivity contribution in [2.24, 2.45) is 5.92 Å². The van der Waals surface area contributed by atoms with Gasteiger partial charge in [0.15, 0.2) is 0 Å².